The third-order valence-corrected chi connectivity index (χ3v) is 2.65. The first kappa shape index (κ1) is 12.0. The van der Waals surface area contributed by atoms with Crippen molar-refractivity contribution in [2.24, 2.45) is 0 Å². The van der Waals surface area contributed by atoms with Crippen molar-refractivity contribution in [2.75, 3.05) is 0 Å². The summed E-state index contributed by atoms with van der Waals surface area (Å²) in [4.78, 5) is 1.35. The van der Waals surface area contributed by atoms with Crippen LogP contribution in [0.1, 0.15) is 23.1 Å². The van der Waals surface area contributed by atoms with E-state index in [1.165, 1.54) is 4.80 Å². The Morgan fingerprint density at radius 1 is 1.35 bits per heavy atom. The van der Waals surface area contributed by atoms with Gasteiger partial charge >= 0.3 is 0 Å². The zero-order chi connectivity index (χ0) is 12.3. The Kier molecular flexibility index (Phi) is 3.71. The van der Waals surface area contributed by atoms with Gasteiger partial charge < -0.3 is 5.11 Å². The lowest BCUT2D eigenvalue weighted by molar-refractivity contribution is 0.144. The second-order valence-corrected chi connectivity index (χ2v) is 4.09. The van der Waals surface area contributed by atoms with Gasteiger partial charge in [-0.1, -0.05) is 29.8 Å². The molecule has 5 nitrogen and oxygen atoms in total. The molecule has 0 amide bonds. The van der Waals surface area contributed by atoms with Gasteiger partial charge in [0.2, 0.25) is 0 Å². The van der Waals surface area contributed by atoms with Crippen LogP contribution in [0, 0.1) is 6.92 Å². The van der Waals surface area contributed by atoms with Crippen molar-refractivity contribution in [2.45, 2.75) is 25.5 Å². The first-order valence-corrected chi connectivity index (χ1v) is 5.80. The summed E-state index contributed by atoms with van der Waals surface area (Å²) < 4.78 is 0. The number of tetrazole rings is 1. The van der Waals surface area contributed by atoms with E-state index in [4.69, 9.17) is 11.6 Å². The molecule has 0 radical (unpaired) electrons. The fourth-order valence-corrected chi connectivity index (χ4v) is 1.56. The predicted molar refractivity (Wildman–Crippen MR) is 63.5 cm³/mol. The molecule has 1 unspecified atom stereocenters. The van der Waals surface area contributed by atoms with Gasteiger partial charge in [0, 0.05) is 0 Å². The molecule has 90 valence electrons. The molecule has 2 aromatic rings. The van der Waals surface area contributed by atoms with Crippen LogP contribution in [0.5, 0.6) is 0 Å². The standard InChI is InChI=1S/C11H13ClN4O/c1-8-2-4-9(5-3-8)10(17)7-16-14-11(6-12)13-15-16/h2-5,10,17H,6-7H2,1H3. The Morgan fingerprint density at radius 3 is 2.65 bits per heavy atom. The van der Waals surface area contributed by atoms with Crippen LogP contribution in [-0.2, 0) is 12.4 Å². The molecule has 6 heteroatoms. The molecule has 1 aromatic heterocycles. The molecular weight excluding hydrogens is 240 g/mol. The lowest BCUT2D eigenvalue weighted by Crippen LogP contribution is -2.11. The molecule has 0 bridgehead atoms. The lowest BCUT2D eigenvalue weighted by Gasteiger charge is -2.09. The van der Waals surface area contributed by atoms with Crippen molar-refractivity contribution >= 4 is 11.6 Å². The number of nitrogens with zero attached hydrogens (tertiary/aromatic N) is 4. The molecule has 2 rings (SSSR count). The topological polar surface area (TPSA) is 63.8 Å². The van der Waals surface area contributed by atoms with Gasteiger partial charge in [0.25, 0.3) is 0 Å². The van der Waals surface area contributed by atoms with Gasteiger partial charge in [0.1, 0.15) is 6.10 Å². The number of aromatic nitrogens is 4. The summed E-state index contributed by atoms with van der Waals surface area (Å²) in [7, 11) is 0. The summed E-state index contributed by atoms with van der Waals surface area (Å²) in [6.45, 7) is 2.27. The number of halogens is 1. The molecule has 0 aliphatic carbocycles. The quantitative estimate of drug-likeness (QED) is 0.837. The number of hydrogen-bond acceptors (Lipinski definition) is 4. The summed E-state index contributed by atoms with van der Waals surface area (Å²) in [5.41, 5.74) is 1.99. The maximum atomic E-state index is 9.99. The summed E-state index contributed by atoms with van der Waals surface area (Å²) in [5.74, 6) is 0.684. The van der Waals surface area contributed by atoms with Crippen molar-refractivity contribution in [3.8, 4) is 0 Å². The maximum absolute atomic E-state index is 9.99. The summed E-state index contributed by atoms with van der Waals surface area (Å²) in [5, 5.41) is 21.5. The van der Waals surface area contributed by atoms with Gasteiger partial charge in [-0.3, -0.25) is 0 Å². The Morgan fingerprint density at radius 2 is 2.06 bits per heavy atom. The fourth-order valence-electron chi connectivity index (χ4n) is 1.46. The van der Waals surface area contributed by atoms with Crippen molar-refractivity contribution in [3.05, 3.63) is 41.2 Å². The highest BCUT2D eigenvalue weighted by Gasteiger charge is 2.10. The van der Waals surface area contributed by atoms with Crippen molar-refractivity contribution in [1.82, 2.24) is 20.2 Å². The largest absolute Gasteiger partial charge is 0.386 e. The van der Waals surface area contributed by atoms with E-state index in [-0.39, 0.29) is 12.4 Å². The van der Waals surface area contributed by atoms with Gasteiger partial charge in [-0.25, -0.2) is 0 Å². The van der Waals surface area contributed by atoms with E-state index < -0.39 is 6.10 Å². The first-order valence-electron chi connectivity index (χ1n) is 5.26. The highest BCUT2D eigenvalue weighted by molar-refractivity contribution is 6.16. The number of benzene rings is 1. The summed E-state index contributed by atoms with van der Waals surface area (Å²) in [6, 6.07) is 7.69. The van der Waals surface area contributed by atoms with Gasteiger partial charge in [0.15, 0.2) is 5.82 Å². The Hall–Kier alpha value is -1.46. The zero-order valence-electron chi connectivity index (χ0n) is 9.41. The normalized spacial score (nSPS) is 12.6. The predicted octanol–water partition coefficient (Wildman–Crippen LogP) is 1.45. The second-order valence-electron chi connectivity index (χ2n) is 3.82. The molecule has 0 saturated heterocycles. The maximum Gasteiger partial charge on any atom is 0.189 e. The van der Waals surface area contributed by atoms with E-state index >= 15 is 0 Å². The molecule has 0 spiro atoms. The van der Waals surface area contributed by atoms with Crippen molar-refractivity contribution in [1.29, 1.82) is 0 Å². The third-order valence-electron chi connectivity index (χ3n) is 2.41. The molecule has 1 heterocycles. The van der Waals surface area contributed by atoms with Crippen LogP contribution in [0.15, 0.2) is 24.3 Å². The zero-order valence-corrected chi connectivity index (χ0v) is 10.2. The molecule has 1 atom stereocenters. The second kappa shape index (κ2) is 5.25. The molecule has 0 fully saturated rings. The van der Waals surface area contributed by atoms with Gasteiger partial charge in [-0.2, -0.15) is 4.80 Å². The lowest BCUT2D eigenvalue weighted by atomic mass is 10.1. The van der Waals surface area contributed by atoms with Crippen LogP contribution >= 0.6 is 11.6 Å². The average molecular weight is 253 g/mol. The monoisotopic (exact) mass is 252 g/mol. The minimum atomic E-state index is -0.645. The van der Waals surface area contributed by atoms with Crippen LogP contribution in [0.3, 0.4) is 0 Å². The Bertz CT molecular complexity index is 482. The van der Waals surface area contributed by atoms with E-state index in [1.54, 1.807) is 0 Å². The van der Waals surface area contributed by atoms with E-state index in [9.17, 15) is 5.11 Å². The average Bonchev–Trinajstić information content (AvgIpc) is 2.77. The van der Waals surface area contributed by atoms with Crippen LogP contribution in [-0.4, -0.2) is 25.3 Å². The summed E-state index contributed by atoms with van der Waals surface area (Å²) >= 11 is 5.57. The van der Waals surface area contributed by atoms with Gasteiger partial charge in [-0.15, -0.1) is 21.8 Å². The SMILES string of the molecule is Cc1ccc(C(O)Cn2nnc(CCl)n2)cc1. The first-order chi connectivity index (χ1) is 8.19. The van der Waals surface area contributed by atoms with E-state index in [0.29, 0.717) is 5.82 Å². The van der Waals surface area contributed by atoms with Crippen LogP contribution in [0.2, 0.25) is 0 Å². The third kappa shape index (κ3) is 3.01. The minimum absolute atomic E-state index is 0.223. The van der Waals surface area contributed by atoms with Crippen molar-refractivity contribution in [3.63, 3.8) is 0 Å². The number of aryl methyl sites for hydroxylation is 1. The number of aliphatic hydroxyl groups excluding tert-OH is 1. The van der Waals surface area contributed by atoms with Crippen LogP contribution < -0.4 is 0 Å². The molecule has 1 aromatic carbocycles. The van der Waals surface area contributed by atoms with E-state index in [2.05, 4.69) is 15.4 Å². The smallest absolute Gasteiger partial charge is 0.189 e. The molecule has 0 aliphatic rings. The van der Waals surface area contributed by atoms with E-state index in [0.717, 1.165) is 11.1 Å². The van der Waals surface area contributed by atoms with Crippen LogP contribution in [0.25, 0.3) is 0 Å². The summed E-state index contributed by atoms with van der Waals surface area (Å²) in [6.07, 6.45) is -0.645. The number of hydrogen-bond donors (Lipinski definition) is 1. The minimum Gasteiger partial charge on any atom is -0.386 e. The number of aliphatic hydroxyl groups is 1. The van der Waals surface area contributed by atoms with Crippen molar-refractivity contribution < 1.29 is 5.11 Å². The van der Waals surface area contributed by atoms with E-state index in [1.807, 2.05) is 31.2 Å². The highest BCUT2D eigenvalue weighted by atomic mass is 35.5. The highest BCUT2D eigenvalue weighted by Crippen LogP contribution is 2.14. The molecule has 1 N–H and O–H groups in total. The number of alkyl halides is 1. The molecule has 17 heavy (non-hydrogen) atoms. The van der Waals surface area contributed by atoms with Gasteiger partial charge in [0.05, 0.1) is 12.4 Å². The fraction of sp³-hybridized carbons (Fsp3) is 0.364. The van der Waals surface area contributed by atoms with Crippen LogP contribution in [0.4, 0.5) is 0 Å². The Labute approximate surface area is 104 Å². The molecule has 0 saturated carbocycles. The Balaban J connectivity index is 2.05. The molecular formula is C11H13ClN4O. The van der Waals surface area contributed by atoms with Gasteiger partial charge in [-0.05, 0) is 17.7 Å². The molecule has 0 aliphatic heterocycles. The number of rotatable bonds is 4.